The second-order valence-corrected chi connectivity index (χ2v) is 6.54. The molecule has 1 heteroatoms. The van der Waals surface area contributed by atoms with Gasteiger partial charge in [0.05, 0.1) is 0 Å². The Morgan fingerprint density at radius 2 is 1.16 bits per heavy atom. The van der Waals surface area contributed by atoms with Crippen LogP contribution >= 0.6 is 0 Å². The molecule has 19 heavy (non-hydrogen) atoms. The number of rotatable bonds is 13. The van der Waals surface area contributed by atoms with E-state index in [1.807, 2.05) is 0 Å². The Balaban J connectivity index is 4.18. The van der Waals surface area contributed by atoms with Gasteiger partial charge in [-0.05, 0) is 39.8 Å². The van der Waals surface area contributed by atoms with Crippen molar-refractivity contribution in [2.45, 2.75) is 104 Å². The molecule has 0 spiro atoms. The van der Waals surface area contributed by atoms with Crippen molar-refractivity contribution < 1.29 is 0 Å². The number of hydrogen-bond acceptors (Lipinski definition) is 1. The Hall–Kier alpha value is -0.0400. The number of nitrogens with zero attached hydrogens (tertiary/aromatic N) is 1. The largest absolute Gasteiger partial charge is 0.301 e. The highest BCUT2D eigenvalue weighted by atomic mass is 15.2. The molecule has 0 N–H and O–H groups in total. The van der Waals surface area contributed by atoms with Gasteiger partial charge in [-0.3, -0.25) is 0 Å². The van der Waals surface area contributed by atoms with E-state index in [0.717, 1.165) is 0 Å². The van der Waals surface area contributed by atoms with E-state index >= 15 is 0 Å². The molecule has 0 aliphatic rings. The summed E-state index contributed by atoms with van der Waals surface area (Å²) < 4.78 is 0. The van der Waals surface area contributed by atoms with E-state index < -0.39 is 0 Å². The van der Waals surface area contributed by atoms with E-state index in [4.69, 9.17) is 0 Å². The van der Waals surface area contributed by atoms with Crippen molar-refractivity contribution in [3.8, 4) is 0 Å². The predicted octanol–water partition coefficient (Wildman–Crippen LogP) is 6.03. The lowest BCUT2D eigenvalue weighted by atomic mass is 9.86. The predicted molar refractivity (Wildman–Crippen MR) is 88.8 cm³/mol. The molecule has 0 bridgehead atoms. The fourth-order valence-corrected chi connectivity index (χ4v) is 2.98. The second kappa shape index (κ2) is 11.8. The smallest absolute Gasteiger partial charge is 0.0178 e. The van der Waals surface area contributed by atoms with E-state index in [2.05, 4.69) is 39.6 Å². The summed E-state index contributed by atoms with van der Waals surface area (Å²) in [6, 6.07) is 0. The Morgan fingerprint density at radius 3 is 1.53 bits per heavy atom. The van der Waals surface area contributed by atoms with Gasteiger partial charge in [-0.25, -0.2) is 0 Å². The summed E-state index contributed by atoms with van der Waals surface area (Å²) >= 11 is 0. The summed E-state index contributed by atoms with van der Waals surface area (Å²) in [5.74, 6) is 0. The highest BCUT2D eigenvalue weighted by Crippen LogP contribution is 2.28. The van der Waals surface area contributed by atoms with Crippen LogP contribution in [0.3, 0.4) is 0 Å². The summed E-state index contributed by atoms with van der Waals surface area (Å²) in [6.07, 6.45) is 15.2. The van der Waals surface area contributed by atoms with Crippen LogP contribution in [0.25, 0.3) is 0 Å². The van der Waals surface area contributed by atoms with Crippen LogP contribution in [0.2, 0.25) is 0 Å². The molecule has 0 heterocycles. The minimum Gasteiger partial charge on any atom is -0.301 e. The Kier molecular flexibility index (Phi) is 11.7. The first-order valence-corrected chi connectivity index (χ1v) is 8.82. The SMILES string of the molecule is CCCCCCC(C)(CCCCCC)N(C)CCC. The third kappa shape index (κ3) is 8.68. The third-order valence-electron chi connectivity index (χ3n) is 4.62. The molecule has 116 valence electrons. The first kappa shape index (κ1) is 19.0. The molecule has 0 aromatic heterocycles. The lowest BCUT2D eigenvalue weighted by Gasteiger charge is -2.39. The monoisotopic (exact) mass is 269 g/mol. The van der Waals surface area contributed by atoms with Crippen LogP contribution in [-0.4, -0.2) is 24.0 Å². The molecule has 0 saturated carbocycles. The molecule has 0 atom stereocenters. The molecule has 0 amide bonds. The van der Waals surface area contributed by atoms with Crippen molar-refractivity contribution in [2.24, 2.45) is 0 Å². The zero-order valence-corrected chi connectivity index (χ0v) is 14.4. The number of unbranched alkanes of at least 4 members (excludes halogenated alkanes) is 6. The Morgan fingerprint density at radius 1 is 0.684 bits per heavy atom. The van der Waals surface area contributed by atoms with Crippen LogP contribution in [0.1, 0.15) is 98.3 Å². The lowest BCUT2D eigenvalue weighted by Crippen LogP contribution is -2.44. The van der Waals surface area contributed by atoms with Crippen molar-refractivity contribution in [1.82, 2.24) is 4.90 Å². The van der Waals surface area contributed by atoms with Gasteiger partial charge in [0.1, 0.15) is 0 Å². The summed E-state index contributed by atoms with van der Waals surface area (Å²) in [5, 5.41) is 0. The molecule has 0 rings (SSSR count). The second-order valence-electron chi connectivity index (χ2n) is 6.54. The van der Waals surface area contributed by atoms with Crippen LogP contribution in [0.15, 0.2) is 0 Å². The molecule has 0 unspecified atom stereocenters. The summed E-state index contributed by atoms with van der Waals surface area (Å²) in [6.45, 7) is 10.6. The maximum absolute atomic E-state index is 2.63. The van der Waals surface area contributed by atoms with Crippen LogP contribution in [0.5, 0.6) is 0 Å². The molecule has 0 aliphatic carbocycles. The minimum atomic E-state index is 0.442. The molecule has 0 aromatic carbocycles. The maximum Gasteiger partial charge on any atom is 0.0178 e. The molecular weight excluding hydrogens is 230 g/mol. The van der Waals surface area contributed by atoms with Gasteiger partial charge in [0.2, 0.25) is 0 Å². The van der Waals surface area contributed by atoms with Gasteiger partial charge < -0.3 is 4.90 Å². The summed E-state index contributed by atoms with van der Waals surface area (Å²) in [4.78, 5) is 2.63. The molecule has 0 fully saturated rings. The van der Waals surface area contributed by atoms with E-state index in [-0.39, 0.29) is 0 Å². The van der Waals surface area contributed by atoms with Gasteiger partial charge in [0.15, 0.2) is 0 Å². The first-order valence-electron chi connectivity index (χ1n) is 8.82. The summed E-state index contributed by atoms with van der Waals surface area (Å²) in [7, 11) is 2.34. The zero-order chi connectivity index (χ0) is 14.6. The van der Waals surface area contributed by atoms with Gasteiger partial charge in [0, 0.05) is 5.54 Å². The third-order valence-corrected chi connectivity index (χ3v) is 4.62. The molecule has 0 saturated heterocycles. The van der Waals surface area contributed by atoms with E-state index in [9.17, 15) is 0 Å². The summed E-state index contributed by atoms with van der Waals surface area (Å²) in [5.41, 5.74) is 0.442. The standard InChI is InChI=1S/C18H39N/c1-6-9-11-13-15-18(4,19(5)17-8-3)16-14-12-10-7-2/h6-17H2,1-5H3. The van der Waals surface area contributed by atoms with Crippen LogP contribution in [0, 0.1) is 0 Å². The first-order chi connectivity index (χ1) is 9.10. The zero-order valence-electron chi connectivity index (χ0n) is 14.4. The van der Waals surface area contributed by atoms with Crippen molar-refractivity contribution >= 4 is 0 Å². The van der Waals surface area contributed by atoms with Crippen molar-refractivity contribution in [1.29, 1.82) is 0 Å². The molecule has 0 aromatic rings. The van der Waals surface area contributed by atoms with Gasteiger partial charge >= 0.3 is 0 Å². The normalized spacial score (nSPS) is 12.3. The van der Waals surface area contributed by atoms with Crippen molar-refractivity contribution in [3.05, 3.63) is 0 Å². The fourth-order valence-electron chi connectivity index (χ4n) is 2.98. The molecule has 1 nitrogen and oxygen atoms in total. The van der Waals surface area contributed by atoms with Crippen LogP contribution < -0.4 is 0 Å². The Labute approximate surface area is 123 Å². The van der Waals surface area contributed by atoms with Crippen molar-refractivity contribution in [2.75, 3.05) is 13.6 Å². The van der Waals surface area contributed by atoms with Crippen molar-refractivity contribution in [3.63, 3.8) is 0 Å². The van der Waals surface area contributed by atoms with Gasteiger partial charge in [-0.1, -0.05) is 72.1 Å². The lowest BCUT2D eigenvalue weighted by molar-refractivity contribution is 0.109. The van der Waals surface area contributed by atoms with E-state index in [1.165, 1.54) is 77.2 Å². The Bertz CT molecular complexity index is 176. The maximum atomic E-state index is 2.63. The number of hydrogen-bond donors (Lipinski definition) is 0. The van der Waals surface area contributed by atoms with E-state index in [0.29, 0.717) is 5.54 Å². The van der Waals surface area contributed by atoms with Crippen LogP contribution in [-0.2, 0) is 0 Å². The molecular formula is C18H39N. The average molecular weight is 270 g/mol. The molecule has 0 aliphatic heterocycles. The topological polar surface area (TPSA) is 3.24 Å². The molecule has 0 radical (unpaired) electrons. The highest BCUT2D eigenvalue weighted by Gasteiger charge is 2.27. The highest BCUT2D eigenvalue weighted by molar-refractivity contribution is 4.84. The van der Waals surface area contributed by atoms with E-state index in [1.54, 1.807) is 0 Å². The van der Waals surface area contributed by atoms with Gasteiger partial charge in [0.25, 0.3) is 0 Å². The minimum absolute atomic E-state index is 0.442. The quantitative estimate of drug-likeness (QED) is 0.369. The van der Waals surface area contributed by atoms with Gasteiger partial charge in [-0.15, -0.1) is 0 Å². The fraction of sp³-hybridized carbons (Fsp3) is 1.00. The van der Waals surface area contributed by atoms with Crippen LogP contribution in [0.4, 0.5) is 0 Å². The average Bonchev–Trinajstić information content (AvgIpc) is 2.40. The van der Waals surface area contributed by atoms with Gasteiger partial charge in [-0.2, -0.15) is 0 Å².